The Morgan fingerprint density at radius 2 is 2.28 bits per heavy atom. The summed E-state index contributed by atoms with van der Waals surface area (Å²) in [6.07, 6.45) is 1.85. The number of anilines is 1. The zero-order valence-electron chi connectivity index (χ0n) is 13.5. The molecule has 4 rings (SSSR count). The van der Waals surface area contributed by atoms with Crippen molar-refractivity contribution in [3.05, 3.63) is 40.0 Å². The number of H-pyrrole nitrogens is 1. The van der Waals surface area contributed by atoms with Crippen LogP contribution in [-0.4, -0.2) is 33.9 Å². The van der Waals surface area contributed by atoms with Crippen molar-refractivity contribution in [1.29, 1.82) is 0 Å². The van der Waals surface area contributed by atoms with Gasteiger partial charge in [0.15, 0.2) is 5.82 Å². The third-order valence-corrected chi connectivity index (χ3v) is 5.32. The minimum absolute atomic E-state index is 0.0945. The number of benzene rings is 1. The van der Waals surface area contributed by atoms with Crippen LogP contribution in [0.3, 0.4) is 0 Å². The number of amides is 1. The Labute approximate surface area is 149 Å². The van der Waals surface area contributed by atoms with Crippen LogP contribution >= 0.6 is 11.6 Å². The fraction of sp³-hybridized carbons (Fsp3) is 0.412. The monoisotopic (exact) mass is 362 g/mol. The maximum Gasteiger partial charge on any atom is 0.271 e. The molecular formula is C17H19ClN4O3. The molecule has 1 aromatic heterocycles. The van der Waals surface area contributed by atoms with E-state index in [1.807, 2.05) is 12.1 Å². The van der Waals surface area contributed by atoms with E-state index in [0.29, 0.717) is 19.4 Å². The number of halogens is 1. The number of nitrogen functional groups attached to an aromatic ring is 1. The van der Waals surface area contributed by atoms with Gasteiger partial charge in [0, 0.05) is 6.42 Å². The van der Waals surface area contributed by atoms with Crippen LogP contribution < -0.4 is 15.8 Å². The normalized spacial score (nSPS) is 22.6. The van der Waals surface area contributed by atoms with E-state index in [1.54, 1.807) is 0 Å². The number of hydrogen-bond acceptors (Lipinski definition) is 5. The molecular weight excluding hydrogens is 344 g/mol. The number of aliphatic hydroxyl groups excluding tert-OH is 1. The summed E-state index contributed by atoms with van der Waals surface area (Å²) in [5.74, 6) is 0.791. The van der Waals surface area contributed by atoms with Gasteiger partial charge >= 0.3 is 0 Å². The molecule has 2 aliphatic rings. The Morgan fingerprint density at radius 1 is 1.48 bits per heavy atom. The minimum Gasteiger partial charge on any atom is -0.493 e. The number of aromatic nitrogens is 2. The summed E-state index contributed by atoms with van der Waals surface area (Å²) in [7, 11) is 0. The van der Waals surface area contributed by atoms with Crippen LogP contribution in [0.5, 0.6) is 5.75 Å². The number of hydrogen-bond donors (Lipinski definition) is 4. The average molecular weight is 363 g/mol. The number of carbonyl (C=O) groups excluding carboxylic acids is 1. The second kappa shape index (κ2) is 6.24. The zero-order valence-corrected chi connectivity index (χ0v) is 14.2. The van der Waals surface area contributed by atoms with Gasteiger partial charge in [0.05, 0.1) is 18.8 Å². The first-order valence-electron chi connectivity index (χ1n) is 8.27. The van der Waals surface area contributed by atoms with Crippen LogP contribution in [0.2, 0.25) is 5.02 Å². The molecule has 0 saturated heterocycles. The van der Waals surface area contributed by atoms with E-state index in [4.69, 9.17) is 22.1 Å². The number of carbonyl (C=O) groups is 1. The third-order valence-electron chi connectivity index (χ3n) is 4.94. The number of nitrogens with one attached hydrogen (secondary N) is 2. The van der Waals surface area contributed by atoms with Crippen molar-refractivity contribution in [3.8, 4) is 5.75 Å². The Hall–Kier alpha value is -2.25. The van der Waals surface area contributed by atoms with Crippen LogP contribution in [0.25, 0.3) is 0 Å². The molecule has 5 N–H and O–H groups in total. The molecule has 1 atom stereocenters. The molecule has 1 aliphatic carbocycles. The van der Waals surface area contributed by atoms with Gasteiger partial charge in [-0.1, -0.05) is 17.7 Å². The fourth-order valence-corrected chi connectivity index (χ4v) is 3.65. The summed E-state index contributed by atoms with van der Waals surface area (Å²) in [4.78, 5) is 12.6. The lowest BCUT2D eigenvalue weighted by Gasteiger charge is -2.38. The van der Waals surface area contributed by atoms with Gasteiger partial charge in [-0.25, -0.2) is 0 Å². The van der Waals surface area contributed by atoms with Crippen LogP contribution in [0.4, 0.5) is 5.82 Å². The van der Waals surface area contributed by atoms with Gasteiger partial charge in [-0.3, -0.25) is 9.89 Å². The number of nitrogens with two attached hydrogens (primary N) is 1. The van der Waals surface area contributed by atoms with Gasteiger partial charge in [-0.05, 0) is 42.0 Å². The van der Waals surface area contributed by atoms with Crippen LogP contribution in [-0.2, 0) is 6.42 Å². The number of aliphatic hydroxyl groups is 1. The van der Waals surface area contributed by atoms with Crippen molar-refractivity contribution in [3.63, 3.8) is 0 Å². The van der Waals surface area contributed by atoms with E-state index in [2.05, 4.69) is 21.6 Å². The summed E-state index contributed by atoms with van der Waals surface area (Å²) in [6.45, 7) is 0.682. The third kappa shape index (κ3) is 2.94. The number of aromatic amines is 1. The predicted octanol–water partition coefficient (Wildman–Crippen LogP) is 1.82. The zero-order chi connectivity index (χ0) is 17.6. The van der Waals surface area contributed by atoms with E-state index >= 15 is 0 Å². The molecule has 2 aromatic rings. The highest BCUT2D eigenvalue weighted by Crippen LogP contribution is 2.40. The molecule has 1 aliphatic heterocycles. The highest BCUT2D eigenvalue weighted by atomic mass is 35.5. The van der Waals surface area contributed by atoms with Crippen LogP contribution in [0, 0.1) is 5.92 Å². The predicted molar refractivity (Wildman–Crippen MR) is 92.6 cm³/mol. The van der Waals surface area contributed by atoms with Crippen molar-refractivity contribution in [2.75, 3.05) is 12.3 Å². The molecule has 1 aromatic carbocycles. The SMILES string of the molecule is Nc1n[nH]c(C(=O)N[C@H](c2ccc3c(c2)CCO3)C2CC(O)C2)c1Cl. The first-order chi connectivity index (χ1) is 12.0. The molecule has 1 saturated carbocycles. The Bertz CT molecular complexity index is 816. The van der Waals surface area contributed by atoms with E-state index in [0.717, 1.165) is 23.3 Å². The molecule has 132 valence electrons. The van der Waals surface area contributed by atoms with Gasteiger partial charge in [0.25, 0.3) is 5.91 Å². The van der Waals surface area contributed by atoms with E-state index in [9.17, 15) is 9.90 Å². The lowest BCUT2D eigenvalue weighted by atomic mass is 9.75. The molecule has 2 heterocycles. The number of nitrogens with zero attached hydrogens (tertiary/aromatic N) is 1. The number of fused-ring (bicyclic) bond motifs is 1. The largest absolute Gasteiger partial charge is 0.493 e. The van der Waals surface area contributed by atoms with Gasteiger partial charge in [-0.2, -0.15) is 5.10 Å². The Kier molecular flexibility index (Phi) is 4.05. The van der Waals surface area contributed by atoms with Crippen molar-refractivity contribution in [2.45, 2.75) is 31.4 Å². The molecule has 0 bridgehead atoms. The number of rotatable bonds is 4. The van der Waals surface area contributed by atoms with E-state index in [-0.39, 0.29) is 40.5 Å². The summed E-state index contributed by atoms with van der Waals surface area (Å²) in [5, 5.41) is 19.1. The summed E-state index contributed by atoms with van der Waals surface area (Å²) >= 11 is 6.02. The van der Waals surface area contributed by atoms with Gasteiger partial charge < -0.3 is 20.9 Å². The van der Waals surface area contributed by atoms with Gasteiger partial charge in [0.1, 0.15) is 16.5 Å². The standard InChI is InChI=1S/C17H19ClN4O3/c18-13-15(21-22-16(13)19)17(24)20-14(10-6-11(23)7-10)9-1-2-12-8(5-9)3-4-25-12/h1-2,5,10-11,14,23H,3-4,6-7H2,(H,20,24)(H3,19,21,22)/t10?,11?,14-/m1/s1. The van der Waals surface area contributed by atoms with Crippen molar-refractivity contribution in [1.82, 2.24) is 15.5 Å². The molecule has 8 heteroatoms. The first kappa shape index (κ1) is 16.2. The van der Waals surface area contributed by atoms with Crippen molar-refractivity contribution >= 4 is 23.3 Å². The topological polar surface area (TPSA) is 113 Å². The quantitative estimate of drug-likeness (QED) is 0.662. The van der Waals surface area contributed by atoms with Crippen molar-refractivity contribution < 1.29 is 14.6 Å². The van der Waals surface area contributed by atoms with Crippen LogP contribution in [0.15, 0.2) is 18.2 Å². The van der Waals surface area contributed by atoms with Gasteiger partial charge in [0.2, 0.25) is 0 Å². The second-order valence-electron chi connectivity index (χ2n) is 6.60. The van der Waals surface area contributed by atoms with E-state index in [1.165, 1.54) is 0 Å². The lowest BCUT2D eigenvalue weighted by Crippen LogP contribution is -2.41. The summed E-state index contributed by atoms with van der Waals surface area (Å²) in [5.41, 5.74) is 7.88. The van der Waals surface area contributed by atoms with Gasteiger partial charge in [-0.15, -0.1) is 0 Å². The number of ether oxygens (including phenoxy) is 1. The molecule has 0 radical (unpaired) electrons. The highest BCUT2D eigenvalue weighted by molar-refractivity contribution is 6.35. The molecule has 0 unspecified atom stereocenters. The summed E-state index contributed by atoms with van der Waals surface area (Å²) < 4.78 is 5.55. The minimum atomic E-state index is -0.364. The van der Waals surface area contributed by atoms with Crippen LogP contribution in [0.1, 0.15) is 40.5 Å². The molecule has 25 heavy (non-hydrogen) atoms. The Balaban J connectivity index is 1.60. The molecule has 0 spiro atoms. The Morgan fingerprint density at radius 3 is 2.96 bits per heavy atom. The highest BCUT2D eigenvalue weighted by Gasteiger charge is 2.36. The fourth-order valence-electron chi connectivity index (χ4n) is 3.48. The molecule has 1 fully saturated rings. The molecule has 1 amide bonds. The van der Waals surface area contributed by atoms with Crippen molar-refractivity contribution in [2.24, 2.45) is 5.92 Å². The lowest BCUT2D eigenvalue weighted by molar-refractivity contribution is 0.0234. The second-order valence-corrected chi connectivity index (χ2v) is 6.98. The summed E-state index contributed by atoms with van der Waals surface area (Å²) in [6, 6.07) is 5.75. The smallest absolute Gasteiger partial charge is 0.271 e. The maximum absolute atomic E-state index is 12.6. The van der Waals surface area contributed by atoms with E-state index < -0.39 is 0 Å². The maximum atomic E-state index is 12.6. The average Bonchev–Trinajstić information content (AvgIpc) is 3.16. The first-order valence-corrected chi connectivity index (χ1v) is 8.64. The molecule has 7 nitrogen and oxygen atoms in total.